The summed E-state index contributed by atoms with van der Waals surface area (Å²) in [7, 11) is -0.695. The Labute approximate surface area is 62.8 Å². The van der Waals surface area contributed by atoms with Crippen molar-refractivity contribution in [1.29, 1.82) is 0 Å². The van der Waals surface area contributed by atoms with E-state index < -0.39 is 8.96 Å². The van der Waals surface area contributed by atoms with Gasteiger partial charge in [0.1, 0.15) is 18.6 Å². The van der Waals surface area contributed by atoms with Gasteiger partial charge in [0.05, 0.1) is 0 Å². The molecule has 0 fully saturated rings. The second-order valence-electron chi connectivity index (χ2n) is 4.00. The molecule has 0 unspecified atom stereocenters. The molecule has 55 valence electrons. The van der Waals surface area contributed by atoms with Gasteiger partial charge in [0, 0.05) is 0 Å². The number of hydrogen-bond acceptors (Lipinski definition) is 0. The van der Waals surface area contributed by atoms with E-state index >= 15 is 0 Å². The Kier molecular flexibility index (Phi) is 3.69. The van der Waals surface area contributed by atoms with Gasteiger partial charge >= 0.3 is 0 Å². The minimum atomic E-state index is -0.584. The topological polar surface area (TPSA) is 14.1 Å². The van der Waals surface area contributed by atoms with E-state index in [1.165, 1.54) is 0 Å². The summed E-state index contributed by atoms with van der Waals surface area (Å²) in [6.45, 7) is 11.5. The molecule has 0 rings (SSSR count). The van der Waals surface area contributed by atoms with Gasteiger partial charge in [-0.25, -0.2) is 0 Å². The van der Waals surface area contributed by atoms with Gasteiger partial charge in [-0.2, -0.15) is 0 Å². The lowest BCUT2D eigenvalue weighted by Crippen LogP contribution is -2.28. The van der Waals surface area contributed by atoms with Crippen LogP contribution in [0.1, 0.15) is 20.8 Å². The van der Waals surface area contributed by atoms with Crippen molar-refractivity contribution in [3.63, 3.8) is 0 Å². The van der Waals surface area contributed by atoms with E-state index in [4.69, 9.17) is 0 Å². The predicted molar refractivity (Wildman–Crippen MR) is 49.3 cm³/mol. The van der Waals surface area contributed by atoms with Crippen molar-refractivity contribution in [3.05, 3.63) is 0 Å². The third-order valence-corrected chi connectivity index (χ3v) is 5.53. The van der Waals surface area contributed by atoms with E-state index in [1.54, 1.807) is 0 Å². The highest BCUT2D eigenvalue weighted by Gasteiger charge is 2.11. The summed E-state index contributed by atoms with van der Waals surface area (Å²) in [5.41, 5.74) is 0. The second-order valence-corrected chi connectivity index (χ2v) is 10.1. The molecule has 0 aromatic rings. The highest BCUT2D eigenvalue weighted by Crippen LogP contribution is 2.18. The highest BCUT2D eigenvalue weighted by atomic mass is 28.3. The summed E-state index contributed by atoms with van der Waals surface area (Å²) >= 11 is 0. The fourth-order valence-electron chi connectivity index (χ4n) is 0.456. The van der Waals surface area contributed by atoms with Crippen molar-refractivity contribution < 1.29 is 0 Å². The van der Waals surface area contributed by atoms with E-state index in [2.05, 4.69) is 38.5 Å². The van der Waals surface area contributed by atoms with Crippen LogP contribution in [-0.4, -0.2) is 18.6 Å². The Hall–Kier alpha value is 0.394. The normalized spacial score (nSPS) is 14.0. The van der Waals surface area contributed by atoms with Gasteiger partial charge in [0.15, 0.2) is 0 Å². The molecule has 0 heterocycles. The van der Waals surface area contributed by atoms with Crippen LogP contribution < -0.4 is 4.65 Å². The van der Waals surface area contributed by atoms with Crippen molar-refractivity contribution in [2.45, 2.75) is 38.9 Å². The number of rotatable bonds is 2. The van der Waals surface area contributed by atoms with Crippen molar-refractivity contribution in [1.82, 2.24) is 4.65 Å². The van der Waals surface area contributed by atoms with Gasteiger partial charge in [0.25, 0.3) is 0 Å². The maximum atomic E-state index is 4.67. The van der Waals surface area contributed by atoms with Crippen LogP contribution in [0.15, 0.2) is 0 Å². The van der Waals surface area contributed by atoms with E-state index in [9.17, 15) is 0 Å². The van der Waals surface area contributed by atoms with Gasteiger partial charge in [-0.1, -0.05) is 33.9 Å². The zero-order valence-corrected chi connectivity index (χ0v) is 9.80. The first-order chi connectivity index (χ1) is 3.92. The first-order valence-corrected chi connectivity index (χ1v) is 7.75. The van der Waals surface area contributed by atoms with Crippen LogP contribution in [0.5, 0.6) is 0 Å². The Morgan fingerprint density at radius 3 is 1.78 bits per heavy atom. The van der Waals surface area contributed by atoms with Gasteiger partial charge in [-0.15, -0.1) is 0 Å². The Morgan fingerprint density at radius 2 is 1.67 bits per heavy atom. The van der Waals surface area contributed by atoms with Crippen LogP contribution in [0.2, 0.25) is 18.1 Å². The summed E-state index contributed by atoms with van der Waals surface area (Å²) in [5.74, 6) is 0. The van der Waals surface area contributed by atoms with Gasteiger partial charge < -0.3 is 4.65 Å². The lowest BCUT2D eigenvalue weighted by Gasteiger charge is -2.17. The largest absolute Gasteiger partial charge is 0.304 e. The predicted octanol–water partition coefficient (Wildman–Crippen LogP) is 0.876. The molecule has 0 N–H and O–H groups in total. The number of nitrogens with zero attached hydrogens (tertiary/aromatic N) is 1. The van der Waals surface area contributed by atoms with Crippen molar-refractivity contribution in [2.75, 3.05) is 0 Å². The lowest BCUT2D eigenvalue weighted by atomic mass is 10.3. The van der Waals surface area contributed by atoms with Gasteiger partial charge in [-0.05, 0) is 5.04 Å². The van der Waals surface area contributed by atoms with Crippen LogP contribution in [0.25, 0.3) is 0 Å². The molecule has 0 aliphatic heterocycles. The number of hydrogen-bond donors (Lipinski definition) is 0. The van der Waals surface area contributed by atoms with Crippen LogP contribution in [-0.2, 0) is 0 Å². The average molecular weight is 160 g/mol. The molecule has 0 aromatic heterocycles. The molecule has 3 heteroatoms. The zero-order valence-electron chi connectivity index (χ0n) is 7.23. The highest BCUT2D eigenvalue weighted by molar-refractivity contribution is 6.63. The molecule has 0 atom stereocenters. The Morgan fingerprint density at radius 1 is 1.22 bits per heavy atom. The standard InChI is InChI=1S/C6H18NSi2/c1-6(2,3)8-7-9(4)5/h9H,8H2,1-5H3. The lowest BCUT2D eigenvalue weighted by molar-refractivity contribution is 0.746. The first-order valence-electron chi connectivity index (χ1n) is 3.58. The minimum absolute atomic E-state index is 0.111. The van der Waals surface area contributed by atoms with E-state index in [-0.39, 0.29) is 9.68 Å². The maximum absolute atomic E-state index is 4.67. The molecule has 0 saturated heterocycles. The molecule has 0 spiro atoms. The third kappa shape index (κ3) is 8.39. The fraction of sp³-hybridized carbons (Fsp3) is 1.00. The molecule has 0 amide bonds. The van der Waals surface area contributed by atoms with Crippen molar-refractivity contribution in [3.8, 4) is 0 Å². The van der Waals surface area contributed by atoms with E-state index in [0.29, 0.717) is 5.04 Å². The quantitative estimate of drug-likeness (QED) is 0.533. The molecular weight excluding hydrogens is 142 g/mol. The summed E-state index contributed by atoms with van der Waals surface area (Å²) in [6, 6.07) is 0. The Bertz CT molecular complexity index is 75.6. The molecule has 0 aliphatic carbocycles. The Balaban J connectivity index is 3.28. The maximum Gasteiger partial charge on any atom is 0.112 e. The molecule has 1 radical (unpaired) electrons. The van der Waals surface area contributed by atoms with Gasteiger partial charge in [0.2, 0.25) is 0 Å². The van der Waals surface area contributed by atoms with E-state index in [0.717, 1.165) is 0 Å². The van der Waals surface area contributed by atoms with Crippen molar-refractivity contribution >= 4 is 18.6 Å². The van der Waals surface area contributed by atoms with Crippen LogP contribution >= 0.6 is 0 Å². The van der Waals surface area contributed by atoms with Crippen LogP contribution in [0.3, 0.4) is 0 Å². The van der Waals surface area contributed by atoms with Gasteiger partial charge in [-0.3, -0.25) is 0 Å². The third-order valence-electron chi connectivity index (χ3n) is 0.931. The first kappa shape index (κ1) is 9.39. The summed E-state index contributed by atoms with van der Waals surface area (Å²) < 4.78 is 4.67. The molecule has 9 heavy (non-hydrogen) atoms. The average Bonchev–Trinajstić information content (AvgIpc) is 1.59. The minimum Gasteiger partial charge on any atom is -0.304 e. The summed E-state index contributed by atoms with van der Waals surface area (Å²) in [4.78, 5) is 0. The van der Waals surface area contributed by atoms with Crippen molar-refractivity contribution in [2.24, 2.45) is 0 Å². The summed E-state index contributed by atoms with van der Waals surface area (Å²) in [5, 5.41) is 0.539. The van der Waals surface area contributed by atoms with Crippen LogP contribution in [0, 0.1) is 0 Å². The van der Waals surface area contributed by atoms with E-state index in [1.807, 2.05) is 0 Å². The van der Waals surface area contributed by atoms with Crippen LogP contribution in [0.4, 0.5) is 0 Å². The second kappa shape index (κ2) is 3.53. The zero-order chi connectivity index (χ0) is 7.49. The smallest absolute Gasteiger partial charge is 0.112 e. The molecule has 1 nitrogen and oxygen atoms in total. The summed E-state index contributed by atoms with van der Waals surface area (Å²) in [6.07, 6.45) is 0. The SMILES string of the molecule is C[SiH](C)[N][SiH2]C(C)(C)C. The fourth-order valence-corrected chi connectivity index (χ4v) is 4.11. The molecule has 0 aromatic carbocycles. The molecule has 0 aliphatic rings. The molecule has 0 saturated carbocycles. The molecule has 0 bridgehead atoms. The monoisotopic (exact) mass is 160 g/mol. The molecular formula is C6H18NSi2.